The first-order valence-corrected chi connectivity index (χ1v) is 3.53. The molecule has 0 saturated carbocycles. The Morgan fingerprint density at radius 2 is 1.79 bits per heavy atom. The van der Waals surface area contributed by atoms with Crippen LogP contribution in [0.3, 0.4) is 0 Å². The van der Waals surface area contributed by atoms with Crippen molar-refractivity contribution in [2.24, 2.45) is 0 Å². The standard InChI is InChI=1S/C9H9F3O2/c1-5(2)4-7(9(10,11)12)6(3)8(13)14/h4H,1,3H2,2H3,(H,13,14)/b7-4+. The third kappa shape index (κ3) is 3.47. The van der Waals surface area contributed by atoms with E-state index in [9.17, 15) is 18.0 Å². The van der Waals surface area contributed by atoms with Crippen LogP contribution in [-0.2, 0) is 4.79 Å². The number of rotatable bonds is 3. The first kappa shape index (κ1) is 12.5. The lowest BCUT2D eigenvalue weighted by atomic mass is 10.1. The summed E-state index contributed by atoms with van der Waals surface area (Å²) in [6.45, 7) is 7.42. The van der Waals surface area contributed by atoms with Gasteiger partial charge in [0.15, 0.2) is 0 Å². The van der Waals surface area contributed by atoms with Gasteiger partial charge in [0.2, 0.25) is 0 Å². The predicted octanol–water partition coefficient (Wildman–Crippen LogP) is 2.69. The highest BCUT2D eigenvalue weighted by Crippen LogP contribution is 2.31. The second-order valence-electron chi connectivity index (χ2n) is 2.69. The molecule has 0 aromatic carbocycles. The number of carboxylic acids is 1. The molecule has 1 N–H and O–H groups in total. The molecule has 0 heterocycles. The molecule has 2 nitrogen and oxygen atoms in total. The highest BCUT2D eigenvalue weighted by Gasteiger charge is 2.37. The van der Waals surface area contributed by atoms with Crippen molar-refractivity contribution in [1.29, 1.82) is 0 Å². The summed E-state index contributed by atoms with van der Waals surface area (Å²) < 4.78 is 36.8. The van der Waals surface area contributed by atoms with Gasteiger partial charge in [0, 0.05) is 0 Å². The summed E-state index contributed by atoms with van der Waals surface area (Å²) in [5.41, 5.74) is -2.15. The van der Waals surface area contributed by atoms with E-state index in [1.807, 2.05) is 0 Å². The molecule has 0 aromatic rings. The molecule has 0 saturated heterocycles. The summed E-state index contributed by atoms with van der Waals surface area (Å²) in [7, 11) is 0. The number of hydrogen-bond acceptors (Lipinski definition) is 1. The Morgan fingerprint density at radius 1 is 1.36 bits per heavy atom. The van der Waals surface area contributed by atoms with Gasteiger partial charge in [-0.3, -0.25) is 0 Å². The van der Waals surface area contributed by atoms with Crippen molar-refractivity contribution in [1.82, 2.24) is 0 Å². The van der Waals surface area contributed by atoms with Gasteiger partial charge in [0.25, 0.3) is 0 Å². The number of aliphatic carboxylic acids is 1. The average molecular weight is 206 g/mol. The number of halogens is 3. The molecule has 0 atom stereocenters. The molecule has 0 unspecified atom stereocenters. The topological polar surface area (TPSA) is 37.3 Å². The van der Waals surface area contributed by atoms with Crippen LogP contribution in [0.5, 0.6) is 0 Å². The Balaban J connectivity index is 5.24. The number of allylic oxidation sites excluding steroid dienone is 2. The van der Waals surface area contributed by atoms with E-state index in [4.69, 9.17) is 5.11 Å². The van der Waals surface area contributed by atoms with Crippen LogP contribution >= 0.6 is 0 Å². The molecule has 5 heteroatoms. The van der Waals surface area contributed by atoms with Crippen LogP contribution in [0.1, 0.15) is 6.92 Å². The lowest BCUT2D eigenvalue weighted by molar-refractivity contribution is -0.134. The van der Waals surface area contributed by atoms with E-state index < -0.39 is 23.3 Å². The maximum atomic E-state index is 12.3. The Hall–Kier alpha value is -1.52. The molecule has 14 heavy (non-hydrogen) atoms. The lowest BCUT2D eigenvalue weighted by Gasteiger charge is -2.11. The quantitative estimate of drug-likeness (QED) is 0.569. The van der Waals surface area contributed by atoms with Crippen LogP contribution in [0.2, 0.25) is 0 Å². The molecule has 0 aliphatic carbocycles. The van der Waals surface area contributed by atoms with E-state index in [0.717, 1.165) is 0 Å². The third-order valence-electron chi connectivity index (χ3n) is 1.28. The lowest BCUT2D eigenvalue weighted by Crippen LogP contribution is -2.17. The van der Waals surface area contributed by atoms with Gasteiger partial charge in [0.05, 0.1) is 11.1 Å². The number of hydrogen-bond donors (Lipinski definition) is 1. The number of alkyl halides is 3. The highest BCUT2D eigenvalue weighted by molar-refractivity contribution is 5.91. The van der Waals surface area contributed by atoms with E-state index in [1.165, 1.54) is 6.92 Å². The third-order valence-corrected chi connectivity index (χ3v) is 1.28. The Kier molecular flexibility index (Phi) is 3.68. The van der Waals surface area contributed by atoms with Gasteiger partial charge in [-0.15, -0.1) is 0 Å². The Labute approximate surface area is 79.0 Å². The SMILES string of the molecule is C=C(C)/C=C(\C(=C)C(=O)O)C(F)(F)F. The zero-order chi connectivity index (χ0) is 11.5. The van der Waals surface area contributed by atoms with E-state index in [-0.39, 0.29) is 5.57 Å². The van der Waals surface area contributed by atoms with E-state index in [1.54, 1.807) is 0 Å². The predicted molar refractivity (Wildman–Crippen MR) is 45.7 cm³/mol. The Bertz CT molecular complexity index is 311. The fraction of sp³-hybridized carbons (Fsp3) is 0.222. The van der Waals surface area contributed by atoms with E-state index in [0.29, 0.717) is 6.08 Å². The molecule has 0 radical (unpaired) electrons. The van der Waals surface area contributed by atoms with Crippen molar-refractivity contribution >= 4 is 5.97 Å². The molecule has 0 aliphatic rings. The van der Waals surface area contributed by atoms with Crippen LogP contribution < -0.4 is 0 Å². The van der Waals surface area contributed by atoms with Crippen molar-refractivity contribution in [2.75, 3.05) is 0 Å². The first-order valence-electron chi connectivity index (χ1n) is 3.53. The number of carbonyl (C=O) groups is 1. The molecule has 0 bridgehead atoms. The number of carboxylic acid groups (broad SMARTS) is 1. The van der Waals surface area contributed by atoms with Gasteiger partial charge in [-0.1, -0.05) is 18.7 Å². The van der Waals surface area contributed by atoms with Crippen LogP contribution in [0.25, 0.3) is 0 Å². The van der Waals surface area contributed by atoms with Crippen molar-refractivity contribution in [3.8, 4) is 0 Å². The second-order valence-corrected chi connectivity index (χ2v) is 2.69. The van der Waals surface area contributed by atoms with Gasteiger partial charge in [-0.25, -0.2) is 4.79 Å². The summed E-state index contributed by atoms with van der Waals surface area (Å²) in [6.07, 6.45) is -4.08. The normalized spacial score (nSPS) is 12.4. The summed E-state index contributed by atoms with van der Waals surface area (Å²) >= 11 is 0. The van der Waals surface area contributed by atoms with Gasteiger partial charge < -0.3 is 5.11 Å². The van der Waals surface area contributed by atoms with E-state index in [2.05, 4.69) is 13.2 Å². The van der Waals surface area contributed by atoms with Crippen LogP contribution in [0.4, 0.5) is 13.2 Å². The molecular formula is C9H9F3O2. The van der Waals surface area contributed by atoms with Crippen LogP contribution in [0, 0.1) is 0 Å². The molecule has 0 rings (SSSR count). The zero-order valence-electron chi connectivity index (χ0n) is 7.48. The largest absolute Gasteiger partial charge is 0.478 e. The summed E-state index contributed by atoms with van der Waals surface area (Å²) in [5.74, 6) is -1.70. The average Bonchev–Trinajstić information content (AvgIpc) is 1.96. The molecule has 78 valence electrons. The van der Waals surface area contributed by atoms with Crippen molar-refractivity contribution in [2.45, 2.75) is 13.1 Å². The van der Waals surface area contributed by atoms with Gasteiger partial charge in [-0.2, -0.15) is 13.2 Å². The fourth-order valence-corrected chi connectivity index (χ4v) is 0.702. The van der Waals surface area contributed by atoms with Gasteiger partial charge in [0.1, 0.15) is 0 Å². The summed E-state index contributed by atoms with van der Waals surface area (Å²) in [6, 6.07) is 0. The minimum atomic E-state index is -4.73. The smallest absolute Gasteiger partial charge is 0.417 e. The minimum Gasteiger partial charge on any atom is -0.478 e. The molecule has 0 fully saturated rings. The maximum absolute atomic E-state index is 12.3. The Morgan fingerprint density at radius 3 is 2.00 bits per heavy atom. The second kappa shape index (κ2) is 4.13. The van der Waals surface area contributed by atoms with Gasteiger partial charge in [-0.05, 0) is 13.0 Å². The zero-order valence-corrected chi connectivity index (χ0v) is 7.48. The van der Waals surface area contributed by atoms with Crippen LogP contribution in [0.15, 0.2) is 36.0 Å². The summed E-state index contributed by atoms with van der Waals surface area (Å²) in [5, 5.41) is 8.36. The molecular weight excluding hydrogens is 197 g/mol. The molecule has 0 amide bonds. The molecule has 0 aromatic heterocycles. The van der Waals surface area contributed by atoms with Gasteiger partial charge >= 0.3 is 12.1 Å². The molecule has 0 spiro atoms. The highest BCUT2D eigenvalue weighted by atomic mass is 19.4. The molecule has 0 aliphatic heterocycles. The van der Waals surface area contributed by atoms with Crippen molar-refractivity contribution in [3.63, 3.8) is 0 Å². The monoisotopic (exact) mass is 206 g/mol. The van der Waals surface area contributed by atoms with Crippen LogP contribution in [-0.4, -0.2) is 17.3 Å². The fourth-order valence-electron chi connectivity index (χ4n) is 0.702. The minimum absolute atomic E-state index is 0.111. The van der Waals surface area contributed by atoms with Crippen molar-refractivity contribution < 1.29 is 23.1 Å². The van der Waals surface area contributed by atoms with E-state index >= 15 is 0 Å². The van der Waals surface area contributed by atoms with Crippen molar-refractivity contribution in [3.05, 3.63) is 36.0 Å². The first-order chi connectivity index (χ1) is 6.16. The maximum Gasteiger partial charge on any atom is 0.417 e. The summed E-state index contributed by atoms with van der Waals surface area (Å²) in [4.78, 5) is 10.3.